The minimum absolute atomic E-state index is 0.0167. The second kappa shape index (κ2) is 7.22. The number of anilines is 1. The number of hydrogen-bond donors (Lipinski definition) is 0. The molecule has 0 saturated carbocycles. The number of nitrogens with zero attached hydrogens (tertiary/aromatic N) is 2. The van der Waals surface area contributed by atoms with Crippen LogP contribution in [0.4, 0.5) is 5.69 Å². The number of carbonyl (C=O) groups is 2. The number of methoxy groups -OCH3 is 1. The van der Waals surface area contributed by atoms with Crippen LogP contribution in [-0.4, -0.2) is 50.1 Å². The van der Waals surface area contributed by atoms with Gasteiger partial charge in [-0.1, -0.05) is 24.6 Å². The van der Waals surface area contributed by atoms with Crippen molar-refractivity contribution in [3.63, 3.8) is 0 Å². The van der Waals surface area contributed by atoms with Crippen LogP contribution in [0.2, 0.25) is 0 Å². The lowest BCUT2D eigenvalue weighted by atomic mass is 10.0. The molecule has 1 saturated heterocycles. The molecule has 1 fully saturated rings. The van der Waals surface area contributed by atoms with Crippen molar-refractivity contribution in [3.8, 4) is 0 Å². The maximum Gasteiger partial charge on any atom is 0.323 e. The molecule has 1 heterocycles. The van der Waals surface area contributed by atoms with Crippen LogP contribution < -0.4 is 4.90 Å². The predicted octanol–water partition coefficient (Wildman–Crippen LogP) is 1.68. The minimum atomic E-state index is -0.295. The number of ether oxygens (including phenoxy) is 1. The van der Waals surface area contributed by atoms with Crippen LogP contribution in [0.25, 0.3) is 0 Å². The third-order valence-corrected chi connectivity index (χ3v) is 3.94. The molecule has 0 spiro atoms. The van der Waals surface area contributed by atoms with Crippen molar-refractivity contribution in [1.82, 2.24) is 4.90 Å². The Morgan fingerprint density at radius 3 is 2.67 bits per heavy atom. The van der Waals surface area contributed by atoms with Crippen molar-refractivity contribution in [2.75, 3.05) is 32.1 Å². The van der Waals surface area contributed by atoms with Gasteiger partial charge in [-0.25, -0.2) is 0 Å². The van der Waals surface area contributed by atoms with Crippen LogP contribution in [0, 0.1) is 0 Å². The van der Waals surface area contributed by atoms with E-state index in [0.29, 0.717) is 0 Å². The maximum atomic E-state index is 12.4. The Morgan fingerprint density at radius 1 is 1.29 bits per heavy atom. The fourth-order valence-electron chi connectivity index (χ4n) is 2.66. The number of para-hydroxylation sites is 1. The summed E-state index contributed by atoms with van der Waals surface area (Å²) in [5, 5.41) is 0. The van der Waals surface area contributed by atoms with E-state index >= 15 is 0 Å². The maximum absolute atomic E-state index is 12.4. The number of hydrogen-bond acceptors (Lipinski definition) is 4. The van der Waals surface area contributed by atoms with Crippen molar-refractivity contribution in [3.05, 3.63) is 30.3 Å². The van der Waals surface area contributed by atoms with Crippen molar-refractivity contribution >= 4 is 17.6 Å². The van der Waals surface area contributed by atoms with E-state index in [4.69, 9.17) is 4.74 Å². The number of rotatable bonds is 4. The lowest BCUT2D eigenvalue weighted by Gasteiger charge is -2.34. The van der Waals surface area contributed by atoms with Crippen molar-refractivity contribution < 1.29 is 14.3 Å². The van der Waals surface area contributed by atoms with E-state index in [1.807, 2.05) is 35.2 Å². The highest BCUT2D eigenvalue weighted by atomic mass is 16.5. The highest BCUT2D eigenvalue weighted by Crippen LogP contribution is 2.19. The average Bonchev–Trinajstić information content (AvgIpc) is 2.54. The van der Waals surface area contributed by atoms with Crippen LogP contribution in [0.15, 0.2) is 30.3 Å². The molecule has 2 rings (SSSR count). The third-order valence-electron chi connectivity index (χ3n) is 3.94. The van der Waals surface area contributed by atoms with Gasteiger partial charge >= 0.3 is 5.97 Å². The summed E-state index contributed by atoms with van der Waals surface area (Å²) < 4.78 is 4.84. The van der Waals surface area contributed by atoms with Gasteiger partial charge in [-0.05, 0) is 31.5 Å². The quantitative estimate of drug-likeness (QED) is 0.792. The molecule has 0 unspecified atom stereocenters. The van der Waals surface area contributed by atoms with Crippen LogP contribution in [0.5, 0.6) is 0 Å². The van der Waals surface area contributed by atoms with Crippen molar-refractivity contribution in [2.24, 2.45) is 0 Å². The van der Waals surface area contributed by atoms with Gasteiger partial charge in [-0.15, -0.1) is 0 Å². The van der Waals surface area contributed by atoms with E-state index in [0.717, 1.165) is 31.5 Å². The number of likely N-dealkylation sites (N-methyl/N-ethyl adjacent to an activating group) is 1. The average molecular weight is 290 g/mol. The van der Waals surface area contributed by atoms with Crippen LogP contribution in [0.1, 0.15) is 19.3 Å². The van der Waals surface area contributed by atoms with Gasteiger partial charge in [0.25, 0.3) is 0 Å². The Hall–Kier alpha value is -1.88. The monoisotopic (exact) mass is 290 g/mol. The Morgan fingerprint density at radius 2 is 2.00 bits per heavy atom. The molecule has 0 aromatic heterocycles. The van der Waals surface area contributed by atoms with E-state index in [1.54, 1.807) is 11.9 Å². The number of esters is 1. The zero-order valence-corrected chi connectivity index (χ0v) is 12.6. The summed E-state index contributed by atoms with van der Waals surface area (Å²) >= 11 is 0. The van der Waals surface area contributed by atoms with Gasteiger partial charge in [0.15, 0.2) is 0 Å². The van der Waals surface area contributed by atoms with Gasteiger partial charge in [0, 0.05) is 12.7 Å². The molecule has 1 aromatic rings. The van der Waals surface area contributed by atoms with Crippen LogP contribution >= 0.6 is 0 Å². The number of piperidine rings is 1. The fourth-order valence-corrected chi connectivity index (χ4v) is 2.66. The highest BCUT2D eigenvalue weighted by Gasteiger charge is 2.31. The number of carbonyl (C=O) groups excluding carboxylic acids is 2. The first-order chi connectivity index (χ1) is 10.1. The molecule has 5 heteroatoms. The lowest BCUT2D eigenvalue weighted by Crippen LogP contribution is -2.49. The van der Waals surface area contributed by atoms with E-state index in [-0.39, 0.29) is 24.5 Å². The lowest BCUT2D eigenvalue weighted by molar-refractivity contribution is -0.148. The molecular formula is C16H22N2O3. The molecule has 1 aliphatic rings. The van der Waals surface area contributed by atoms with Gasteiger partial charge in [0.1, 0.15) is 6.04 Å². The standard InChI is InChI=1S/C16H22N2O3/c1-17(13-8-4-3-5-9-13)15(19)12-18-11-7-6-10-14(18)16(20)21-2/h3-5,8-9,14H,6-7,10-12H2,1-2H3/t14-/m1/s1. The van der Waals surface area contributed by atoms with Crippen molar-refractivity contribution in [2.45, 2.75) is 25.3 Å². The first kappa shape index (κ1) is 15.5. The predicted molar refractivity (Wildman–Crippen MR) is 81.1 cm³/mol. The van der Waals surface area contributed by atoms with Crippen LogP contribution in [-0.2, 0) is 14.3 Å². The van der Waals surface area contributed by atoms with Crippen LogP contribution in [0.3, 0.4) is 0 Å². The van der Waals surface area contributed by atoms with E-state index < -0.39 is 0 Å². The molecule has 0 radical (unpaired) electrons. The normalized spacial score (nSPS) is 19.0. The first-order valence-electron chi connectivity index (χ1n) is 7.27. The summed E-state index contributed by atoms with van der Waals surface area (Å²) in [6, 6.07) is 9.21. The van der Waals surface area contributed by atoms with Gasteiger partial charge in [-0.3, -0.25) is 14.5 Å². The largest absolute Gasteiger partial charge is 0.468 e. The summed E-state index contributed by atoms with van der Waals surface area (Å²) in [6.45, 7) is 0.999. The second-order valence-electron chi connectivity index (χ2n) is 5.29. The summed E-state index contributed by atoms with van der Waals surface area (Å²) in [5.41, 5.74) is 0.856. The van der Waals surface area contributed by atoms with Gasteiger partial charge in [0.2, 0.25) is 5.91 Å². The van der Waals surface area contributed by atoms with E-state index in [1.165, 1.54) is 7.11 Å². The SMILES string of the molecule is COC(=O)[C@H]1CCCCN1CC(=O)N(C)c1ccccc1. The Bertz CT molecular complexity index is 490. The summed E-state index contributed by atoms with van der Waals surface area (Å²) in [4.78, 5) is 27.8. The zero-order valence-electron chi connectivity index (χ0n) is 12.6. The Labute approximate surface area is 125 Å². The molecule has 0 bridgehead atoms. The molecule has 1 aliphatic heterocycles. The zero-order chi connectivity index (χ0) is 15.2. The topological polar surface area (TPSA) is 49.9 Å². The highest BCUT2D eigenvalue weighted by molar-refractivity contribution is 5.94. The second-order valence-corrected chi connectivity index (χ2v) is 5.29. The number of likely N-dealkylation sites (tertiary alicyclic amines) is 1. The minimum Gasteiger partial charge on any atom is -0.468 e. The van der Waals surface area contributed by atoms with Crippen molar-refractivity contribution in [1.29, 1.82) is 0 Å². The van der Waals surface area contributed by atoms with E-state index in [2.05, 4.69) is 0 Å². The molecule has 0 aliphatic carbocycles. The number of benzene rings is 1. The third kappa shape index (κ3) is 3.82. The molecule has 1 amide bonds. The Kier molecular flexibility index (Phi) is 5.33. The number of amides is 1. The van der Waals surface area contributed by atoms with Gasteiger partial charge in [-0.2, -0.15) is 0 Å². The molecule has 114 valence electrons. The molecule has 21 heavy (non-hydrogen) atoms. The smallest absolute Gasteiger partial charge is 0.323 e. The molecule has 0 N–H and O–H groups in total. The van der Waals surface area contributed by atoms with Gasteiger partial charge in [0.05, 0.1) is 13.7 Å². The van der Waals surface area contributed by atoms with E-state index in [9.17, 15) is 9.59 Å². The molecule has 1 atom stereocenters. The Balaban J connectivity index is 2.01. The fraction of sp³-hybridized carbons (Fsp3) is 0.500. The molecular weight excluding hydrogens is 268 g/mol. The molecule has 1 aromatic carbocycles. The first-order valence-corrected chi connectivity index (χ1v) is 7.27. The summed E-state index contributed by atoms with van der Waals surface area (Å²) in [7, 11) is 3.15. The summed E-state index contributed by atoms with van der Waals surface area (Å²) in [6.07, 6.45) is 2.77. The summed E-state index contributed by atoms with van der Waals surface area (Å²) in [5.74, 6) is -0.262. The van der Waals surface area contributed by atoms with Gasteiger partial charge < -0.3 is 9.64 Å². The molecule has 5 nitrogen and oxygen atoms in total.